The quantitative estimate of drug-likeness (QED) is 0.755. The van der Waals surface area contributed by atoms with Gasteiger partial charge in [0.25, 0.3) is 5.89 Å². The summed E-state index contributed by atoms with van der Waals surface area (Å²) in [5, 5.41) is 8.18. The summed E-state index contributed by atoms with van der Waals surface area (Å²) in [5.41, 5.74) is 7.20. The SMILES string of the molecule is Nc1ncc(N2C[C@@H]3CCC(=O)[C@@H]3C2)nc1-c1nnc(-c2ccccc2)o1. The molecule has 0 unspecified atom stereocenters. The van der Waals surface area contributed by atoms with Crippen LogP contribution in [0.2, 0.25) is 0 Å². The molecule has 2 aliphatic rings. The second kappa shape index (κ2) is 6.15. The van der Waals surface area contributed by atoms with Gasteiger partial charge in [-0.05, 0) is 24.5 Å². The van der Waals surface area contributed by atoms with E-state index in [0.29, 0.717) is 42.1 Å². The lowest BCUT2D eigenvalue weighted by molar-refractivity contribution is -0.120. The third-order valence-corrected chi connectivity index (χ3v) is 5.38. The molecule has 0 bridgehead atoms. The zero-order valence-corrected chi connectivity index (χ0v) is 14.6. The number of aromatic nitrogens is 4. The summed E-state index contributed by atoms with van der Waals surface area (Å²) in [5.74, 6) is 2.43. The van der Waals surface area contributed by atoms with E-state index in [4.69, 9.17) is 10.2 Å². The Balaban J connectivity index is 1.45. The number of nitrogens with two attached hydrogens (primary N) is 1. The Morgan fingerprint density at radius 3 is 2.74 bits per heavy atom. The molecule has 2 fully saturated rings. The summed E-state index contributed by atoms with van der Waals surface area (Å²) >= 11 is 0. The Morgan fingerprint density at radius 2 is 1.93 bits per heavy atom. The summed E-state index contributed by atoms with van der Waals surface area (Å²) < 4.78 is 5.77. The molecule has 5 rings (SSSR count). The van der Waals surface area contributed by atoms with E-state index in [-0.39, 0.29) is 17.6 Å². The number of carbonyl (C=O) groups excluding carboxylic acids is 1. The van der Waals surface area contributed by atoms with Crippen LogP contribution < -0.4 is 10.6 Å². The van der Waals surface area contributed by atoms with E-state index in [9.17, 15) is 4.79 Å². The van der Waals surface area contributed by atoms with Gasteiger partial charge in [0.15, 0.2) is 11.5 Å². The van der Waals surface area contributed by atoms with Gasteiger partial charge in [-0.1, -0.05) is 18.2 Å². The van der Waals surface area contributed by atoms with E-state index in [0.717, 1.165) is 18.5 Å². The first-order valence-electron chi connectivity index (χ1n) is 8.98. The average Bonchev–Trinajstić information content (AvgIpc) is 3.41. The van der Waals surface area contributed by atoms with Crippen molar-refractivity contribution >= 4 is 17.4 Å². The van der Waals surface area contributed by atoms with Crippen LogP contribution in [-0.2, 0) is 4.79 Å². The smallest absolute Gasteiger partial charge is 0.270 e. The van der Waals surface area contributed by atoms with E-state index in [1.54, 1.807) is 6.20 Å². The Morgan fingerprint density at radius 1 is 1.11 bits per heavy atom. The van der Waals surface area contributed by atoms with Crippen molar-refractivity contribution in [1.29, 1.82) is 0 Å². The highest BCUT2D eigenvalue weighted by molar-refractivity contribution is 5.85. The molecule has 136 valence electrons. The average molecular weight is 362 g/mol. The molecule has 8 heteroatoms. The van der Waals surface area contributed by atoms with Crippen LogP contribution in [0.3, 0.4) is 0 Å². The van der Waals surface area contributed by atoms with Crippen molar-refractivity contribution in [2.45, 2.75) is 12.8 Å². The van der Waals surface area contributed by atoms with Gasteiger partial charge in [0.1, 0.15) is 11.6 Å². The highest BCUT2D eigenvalue weighted by Crippen LogP contribution is 2.37. The minimum absolute atomic E-state index is 0.112. The molecule has 3 aromatic rings. The van der Waals surface area contributed by atoms with Crippen LogP contribution in [0, 0.1) is 11.8 Å². The fourth-order valence-corrected chi connectivity index (χ4v) is 3.94. The van der Waals surface area contributed by atoms with Crippen LogP contribution in [0.4, 0.5) is 11.6 Å². The number of nitrogens with zero attached hydrogens (tertiary/aromatic N) is 5. The fraction of sp³-hybridized carbons (Fsp3) is 0.316. The number of anilines is 2. The number of carbonyl (C=O) groups is 1. The molecule has 0 spiro atoms. The molecule has 1 aliphatic carbocycles. The summed E-state index contributed by atoms with van der Waals surface area (Å²) in [4.78, 5) is 23.0. The lowest BCUT2D eigenvalue weighted by Crippen LogP contribution is -2.24. The zero-order valence-electron chi connectivity index (χ0n) is 14.6. The molecule has 1 saturated carbocycles. The zero-order chi connectivity index (χ0) is 18.4. The molecule has 0 amide bonds. The van der Waals surface area contributed by atoms with E-state index in [1.807, 2.05) is 30.3 Å². The summed E-state index contributed by atoms with van der Waals surface area (Å²) in [7, 11) is 0. The standard InChI is InChI=1S/C19H18N6O2/c20-17-16(19-24-23-18(27-19)11-4-2-1-3-5-11)22-15(8-21-17)25-9-12-6-7-14(26)13(12)10-25/h1-5,8,12-13H,6-7,9-10H2,(H2,20,21)/t12-,13+/m0/s1. The van der Waals surface area contributed by atoms with Crippen molar-refractivity contribution in [2.24, 2.45) is 11.8 Å². The van der Waals surface area contributed by atoms with Gasteiger partial charge in [-0.3, -0.25) is 4.79 Å². The number of ketones is 1. The van der Waals surface area contributed by atoms with Gasteiger partial charge in [0.05, 0.1) is 6.20 Å². The van der Waals surface area contributed by atoms with Gasteiger partial charge >= 0.3 is 0 Å². The fourth-order valence-electron chi connectivity index (χ4n) is 3.94. The molecule has 2 N–H and O–H groups in total. The minimum Gasteiger partial charge on any atom is -0.414 e. The lowest BCUT2D eigenvalue weighted by Gasteiger charge is -2.18. The molecule has 27 heavy (non-hydrogen) atoms. The number of hydrogen-bond acceptors (Lipinski definition) is 8. The predicted molar refractivity (Wildman–Crippen MR) is 98.6 cm³/mol. The monoisotopic (exact) mass is 362 g/mol. The number of nitrogen functional groups attached to an aromatic ring is 1. The second-order valence-corrected chi connectivity index (χ2v) is 7.02. The number of Topliss-reactive ketones (excluding diaryl/α,β-unsaturated/α-hetero) is 1. The van der Waals surface area contributed by atoms with E-state index in [1.165, 1.54) is 0 Å². The van der Waals surface area contributed by atoms with Crippen LogP contribution >= 0.6 is 0 Å². The number of hydrogen-bond donors (Lipinski definition) is 1. The molecule has 1 aliphatic heterocycles. The molecule has 2 aromatic heterocycles. The second-order valence-electron chi connectivity index (χ2n) is 7.02. The molecular weight excluding hydrogens is 344 g/mol. The van der Waals surface area contributed by atoms with Crippen LogP contribution in [0.15, 0.2) is 40.9 Å². The Labute approximate surface area is 155 Å². The Kier molecular flexibility index (Phi) is 3.63. The van der Waals surface area contributed by atoms with E-state index >= 15 is 0 Å². The summed E-state index contributed by atoms with van der Waals surface area (Å²) in [6.45, 7) is 1.49. The third kappa shape index (κ3) is 2.73. The molecule has 1 aromatic carbocycles. The molecule has 8 nitrogen and oxygen atoms in total. The van der Waals surface area contributed by atoms with Crippen molar-refractivity contribution in [1.82, 2.24) is 20.2 Å². The maximum absolute atomic E-state index is 12.0. The molecule has 0 radical (unpaired) electrons. The Bertz CT molecular complexity index is 1000. The predicted octanol–water partition coefficient (Wildman–Crippen LogP) is 2.19. The van der Waals surface area contributed by atoms with Crippen molar-refractivity contribution in [3.63, 3.8) is 0 Å². The van der Waals surface area contributed by atoms with E-state index in [2.05, 4.69) is 25.1 Å². The summed E-state index contributed by atoms with van der Waals surface area (Å²) in [6.07, 6.45) is 3.30. The normalized spacial score (nSPS) is 21.6. The van der Waals surface area contributed by atoms with Crippen LogP contribution in [0.1, 0.15) is 12.8 Å². The van der Waals surface area contributed by atoms with Gasteiger partial charge < -0.3 is 15.1 Å². The highest BCUT2D eigenvalue weighted by atomic mass is 16.4. The number of benzene rings is 1. The van der Waals surface area contributed by atoms with Crippen LogP contribution in [-0.4, -0.2) is 39.0 Å². The largest absolute Gasteiger partial charge is 0.414 e. The number of rotatable bonds is 3. The van der Waals surface area contributed by atoms with Crippen LogP contribution in [0.25, 0.3) is 23.0 Å². The summed E-state index contributed by atoms with van der Waals surface area (Å²) in [6, 6.07) is 9.51. The topological polar surface area (TPSA) is 111 Å². The maximum Gasteiger partial charge on any atom is 0.270 e. The number of fused-ring (bicyclic) bond motifs is 1. The van der Waals surface area contributed by atoms with Gasteiger partial charge in [-0.15, -0.1) is 10.2 Å². The van der Waals surface area contributed by atoms with Gasteiger partial charge in [-0.2, -0.15) is 0 Å². The van der Waals surface area contributed by atoms with Gasteiger partial charge in [0.2, 0.25) is 5.89 Å². The lowest BCUT2D eigenvalue weighted by atomic mass is 10.0. The first-order chi connectivity index (χ1) is 13.2. The molecule has 2 atom stereocenters. The van der Waals surface area contributed by atoms with Crippen LogP contribution in [0.5, 0.6) is 0 Å². The Hall–Kier alpha value is -3.29. The molecular formula is C19H18N6O2. The van der Waals surface area contributed by atoms with Gasteiger partial charge in [-0.25, -0.2) is 9.97 Å². The first kappa shape index (κ1) is 15.9. The molecule has 1 saturated heterocycles. The third-order valence-electron chi connectivity index (χ3n) is 5.38. The minimum atomic E-state index is 0.112. The van der Waals surface area contributed by atoms with Crippen molar-refractivity contribution in [3.8, 4) is 23.0 Å². The highest BCUT2D eigenvalue weighted by Gasteiger charge is 2.42. The van der Waals surface area contributed by atoms with Gasteiger partial charge in [0, 0.05) is 31.0 Å². The maximum atomic E-state index is 12.0. The van der Waals surface area contributed by atoms with Crippen molar-refractivity contribution < 1.29 is 9.21 Å². The molecule has 3 heterocycles. The van der Waals surface area contributed by atoms with Crippen molar-refractivity contribution in [2.75, 3.05) is 23.7 Å². The van der Waals surface area contributed by atoms with Crippen molar-refractivity contribution in [3.05, 3.63) is 36.5 Å². The van der Waals surface area contributed by atoms with E-state index < -0.39 is 0 Å². The first-order valence-corrected chi connectivity index (χ1v) is 8.98.